The Morgan fingerprint density at radius 1 is 1.22 bits per heavy atom. The first-order valence-electron chi connectivity index (χ1n) is 7.45. The molecule has 6 nitrogen and oxygen atoms in total. The fourth-order valence-electron chi connectivity index (χ4n) is 2.59. The maximum absolute atomic E-state index is 12.3. The number of aryl methyl sites for hydroxylation is 1. The Bertz CT molecular complexity index is 896. The standard InChI is InChI=1S/C17H18N4O2/c1-12(14-7-4-3-5-8-14)18-16(22)11-21-17(23)15-9-6-10-20(15)13(2)19-21/h3-10,12H,11H2,1-2H3,(H,18,22)/t12-/m0/s1. The summed E-state index contributed by atoms with van der Waals surface area (Å²) in [6, 6.07) is 13.1. The maximum atomic E-state index is 12.3. The van der Waals surface area contributed by atoms with Crippen molar-refractivity contribution in [1.29, 1.82) is 0 Å². The van der Waals surface area contributed by atoms with Gasteiger partial charge in [0.25, 0.3) is 5.56 Å². The lowest BCUT2D eigenvalue weighted by Crippen LogP contribution is -2.36. The summed E-state index contributed by atoms with van der Waals surface area (Å²) in [5.74, 6) is 0.416. The summed E-state index contributed by atoms with van der Waals surface area (Å²) < 4.78 is 2.92. The van der Waals surface area contributed by atoms with E-state index in [1.54, 1.807) is 29.7 Å². The van der Waals surface area contributed by atoms with Gasteiger partial charge in [0.15, 0.2) is 0 Å². The second-order valence-corrected chi connectivity index (χ2v) is 5.47. The van der Waals surface area contributed by atoms with Crippen molar-refractivity contribution >= 4 is 11.4 Å². The number of nitrogens with one attached hydrogen (secondary N) is 1. The van der Waals surface area contributed by atoms with Crippen molar-refractivity contribution in [3.05, 3.63) is 70.4 Å². The maximum Gasteiger partial charge on any atom is 0.291 e. The minimum Gasteiger partial charge on any atom is -0.348 e. The van der Waals surface area contributed by atoms with Crippen molar-refractivity contribution in [2.45, 2.75) is 26.4 Å². The van der Waals surface area contributed by atoms with Crippen molar-refractivity contribution in [3.8, 4) is 0 Å². The fourth-order valence-corrected chi connectivity index (χ4v) is 2.59. The Hall–Kier alpha value is -2.89. The number of amides is 1. The second kappa shape index (κ2) is 6.08. The van der Waals surface area contributed by atoms with Gasteiger partial charge in [-0.3, -0.25) is 14.0 Å². The molecule has 3 aromatic rings. The van der Waals surface area contributed by atoms with Crippen molar-refractivity contribution in [1.82, 2.24) is 19.5 Å². The molecule has 1 amide bonds. The van der Waals surface area contributed by atoms with Crippen LogP contribution in [0.25, 0.3) is 5.52 Å². The van der Waals surface area contributed by atoms with Crippen molar-refractivity contribution in [2.24, 2.45) is 0 Å². The van der Waals surface area contributed by atoms with E-state index >= 15 is 0 Å². The molecule has 0 bridgehead atoms. The van der Waals surface area contributed by atoms with Gasteiger partial charge in [0.2, 0.25) is 5.91 Å². The average Bonchev–Trinajstić information content (AvgIpc) is 3.03. The molecule has 23 heavy (non-hydrogen) atoms. The highest BCUT2D eigenvalue weighted by molar-refractivity contribution is 5.76. The number of aromatic nitrogens is 3. The molecule has 0 spiro atoms. The number of hydrogen-bond donors (Lipinski definition) is 1. The van der Waals surface area contributed by atoms with Crippen LogP contribution >= 0.6 is 0 Å². The first-order valence-corrected chi connectivity index (χ1v) is 7.45. The molecule has 3 rings (SSSR count). The molecule has 0 aliphatic heterocycles. The normalized spacial score (nSPS) is 12.3. The molecule has 118 valence electrons. The first-order chi connectivity index (χ1) is 11.1. The molecule has 0 radical (unpaired) electrons. The van der Waals surface area contributed by atoms with E-state index in [2.05, 4.69) is 10.4 Å². The van der Waals surface area contributed by atoms with Crippen LogP contribution in [-0.4, -0.2) is 20.1 Å². The molecule has 1 aromatic carbocycles. The quantitative estimate of drug-likeness (QED) is 0.797. The fraction of sp³-hybridized carbons (Fsp3) is 0.235. The van der Waals surface area contributed by atoms with Gasteiger partial charge in [0, 0.05) is 6.20 Å². The van der Waals surface area contributed by atoms with Crippen LogP contribution in [0.5, 0.6) is 0 Å². The number of nitrogens with zero attached hydrogens (tertiary/aromatic N) is 3. The zero-order valence-electron chi connectivity index (χ0n) is 13.1. The third-order valence-electron chi connectivity index (χ3n) is 3.79. The van der Waals surface area contributed by atoms with Gasteiger partial charge in [-0.2, -0.15) is 5.10 Å². The summed E-state index contributed by atoms with van der Waals surface area (Å²) in [7, 11) is 0. The van der Waals surface area contributed by atoms with Gasteiger partial charge < -0.3 is 5.32 Å². The summed E-state index contributed by atoms with van der Waals surface area (Å²) in [4.78, 5) is 24.5. The highest BCUT2D eigenvalue weighted by Gasteiger charge is 2.13. The summed E-state index contributed by atoms with van der Waals surface area (Å²) >= 11 is 0. The van der Waals surface area contributed by atoms with Crippen molar-refractivity contribution < 1.29 is 4.79 Å². The zero-order chi connectivity index (χ0) is 16.4. The number of carbonyl (C=O) groups excluding carboxylic acids is 1. The van der Waals surface area contributed by atoms with Crippen molar-refractivity contribution in [3.63, 3.8) is 0 Å². The van der Waals surface area contributed by atoms with Crippen LogP contribution in [0, 0.1) is 6.92 Å². The molecule has 1 atom stereocenters. The Morgan fingerprint density at radius 2 is 1.96 bits per heavy atom. The van der Waals surface area contributed by atoms with E-state index in [9.17, 15) is 9.59 Å². The van der Waals surface area contributed by atoms with Crippen LogP contribution in [0.2, 0.25) is 0 Å². The third kappa shape index (κ3) is 3.01. The topological polar surface area (TPSA) is 68.4 Å². The number of fused-ring (bicyclic) bond motifs is 1. The van der Waals surface area contributed by atoms with Gasteiger partial charge in [-0.05, 0) is 31.5 Å². The molecule has 0 fully saturated rings. The van der Waals surface area contributed by atoms with Crippen molar-refractivity contribution in [2.75, 3.05) is 0 Å². The number of rotatable bonds is 4. The largest absolute Gasteiger partial charge is 0.348 e. The lowest BCUT2D eigenvalue weighted by atomic mass is 10.1. The first kappa shape index (κ1) is 15.0. The van der Waals surface area contributed by atoms with Gasteiger partial charge in [-0.15, -0.1) is 0 Å². The summed E-state index contributed by atoms with van der Waals surface area (Å²) in [6.07, 6.45) is 1.78. The van der Waals surface area contributed by atoms with E-state index in [1.165, 1.54) is 4.68 Å². The number of carbonyl (C=O) groups is 1. The van der Waals surface area contributed by atoms with Gasteiger partial charge >= 0.3 is 0 Å². The highest BCUT2D eigenvalue weighted by Crippen LogP contribution is 2.10. The van der Waals surface area contributed by atoms with Gasteiger partial charge in [0.1, 0.15) is 17.9 Å². The predicted octanol–water partition coefficient (Wildman–Crippen LogP) is 1.68. The minimum atomic E-state index is -0.275. The second-order valence-electron chi connectivity index (χ2n) is 5.47. The van der Waals surface area contributed by atoms with E-state index in [4.69, 9.17) is 0 Å². The lowest BCUT2D eigenvalue weighted by molar-refractivity contribution is -0.122. The van der Waals surface area contributed by atoms with Gasteiger partial charge in [-0.1, -0.05) is 30.3 Å². The number of benzene rings is 1. The molecule has 0 unspecified atom stereocenters. The molecule has 2 aromatic heterocycles. The van der Waals surface area contributed by atoms with E-state index in [0.29, 0.717) is 11.3 Å². The summed E-state index contributed by atoms with van der Waals surface area (Å²) in [5, 5.41) is 7.09. The van der Waals surface area contributed by atoms with Crippen LogP contribution < -0.4 is 10.9 Å². The van der Waals surface area contributed by atoms with E-state index in [1.807, 2.05) is 37.3 Å². The van der Waals surface area contributed by atoms with Gasteiger partial charge in [0.05, 0.1) is 6.04 Å². The van der Waals surface area contributed by atoms with Crippen LogP contribution in [0.3, 0.4) is 0 Å². The molecular formula is C17H18N4O2. The highest BCUT2D eigenvalue weighted by atomic mass is 16.2. The molecular weight excluding hydrogens is 292 g/mol. The molecule has 0 aliphatic rings. The molecule has 6 heteroatoms. The summed E-state index contributed by atoms with van der Waals surface area (Å²) in [5.41, 5.74) is 1.25. The Morgan fingerprint density at radius 3 is 2.70 bits per heavy atom. The molecule has 1 N–H and O–H groups in total. The predicted molar refractivity (Wildman–Crippen MR) is 87.2 cm³/mol. The number of hydrogen-bond acceptors (Lipinski definition) is 3. The van der Waals surface area contributed by atoms with Crippen LogP contribution in [0.4, 0.5) is 0 Å². The van der Waals surface area contributed by atoms with E-state index in [0.717, 1.165) is 5.56 Å². The molecule has 0 aliphatic carbocycles. The van der Waals surface area contributed by atoms with Crippen LogP contribution in [0.1, 0.15) is 24.4 Å². The monoisotopic (exact) mass is 310 g/mol. The summed E-state index contributed by atoms with van der Waals surface area (Å²) in [6.45, 7) is 3.61. The van der Waals surface area contributed by atoms with E-state index in [-0.39, 0.29) is 24.1 Å². The SMILES string of the molecule is Cc1nn(CC(=O)N[C@@H](C)c2ccccc2)c(=O)c2cccn12. The minimum absolute atomic E-state index is 0.0987. The smallest absolute Gasteiger partial charge is 0.291 e. The molecule has 2 heterocycles. The average molecular weight is 310 g/mol. The third-order valence-corrected chi connectivity index (χ3v) is 3.79. The van der Waals surface area contributed by atoms with E-state index < -0.39 is 0 Å². The lowest BCUT2D eigenvalue weighted by Gasteiger charge is -2.15. The van der Waals surface area contributed by atoms with Crippen LogP contribution in [0.15, 0.2) is 53.5 Å². The Kier molecular flexibility index (Phi) is 3.97. The molecule has 0 saturated heterocycles. The van der Waals surface area contributed by atoms with Gasteiger partial charge in [-0.25, -0.2) is 4.68 Å². The Labute approximate surface area is 133 Å². The van der Waals surface area contributed by atoms with Crippen LogP contribution in [-0.2, 0) is 11.3 Å². The Balaban J connectivity index is 1.78. The molecule has 0 saturated carbocycles. The zero-order valence-corrected chi connectivity index (χ0v) is 13.1.